The van der Waals surface area contributed by atoms with E-state index < -0.39 is 0 Å². The molecule has 5 aromatic carbocycles. The van der Waals surface area contributed by atoms with Crippen LogP contribution in [0.2, 0.25) is 0 Å². The summed E-state index contributed by atoms with van der Waals surface area (Å²) in [4.78, 5) is 2.59. The fourth-order valence-corrected chi connectivity index (χ4v) is 9.43. The Morgan fingerprint density at radius 3 is 1.82 bits per heavy atom. The average Bonchev–Trinajstić information content (AvgIpc) is 3.41. The van der Waals surface area contributed by atoms with Gasteiger partial charge in [-0.2, -0.15) is 0 Å². The number of anilines is 3. The molecule has 1 unspecified atom stereocenters. The molecule has 1 nitrogen and oxygen atoms in total. The van der Waals surface area contributed by atoms with Gasteiger partial charge in [0, 0.05) is 22.1 Å². The van der Waals surface area contributed by atoms with Gasteiger partial charge in [-0.1, -0.05) is 133 Å². The lowest BCUT2D eigenvalue weighted by atomic mass is 9.58. The van der Waals surface area contributed by atoms with Crippen molar-refractivity contribution in [2.75, 3.05) is 4.90 Å². The number of para-hydroxylation sites is 1. The second-order valence-corrected chi connectivity index (χ2v) is 15.3. The molecule has 0 heterocycles. The third kappa shape index (κ3) is 3.65. The second-order valence-electron chi connectivity index (χ2n) is 15.3. The predicted octanol–water partition coefficient (Wildman–Crippen LogP) is 11.5. The number of rotatable bonds is 3. The molecule has 0 saturated heterocycles. The van der Waals surface area contributed by atoms with Crippen molar-refractivity contribution in [3.05, 3.63) is 149 Å². The fraction of sp³-hybridized carbons (Fsp3) is 0.302. The lowest BCUT2D eigenvalue weighted by molar-refractivity contribution is 0.301. The van der Waals surface area contributed by atoms with Crippen LogP contribution in [0.1, 0.15) is 94.2 Å². The standard InChI is InChI=1S/C43H43N/c1-40(2)26-27-43(28-41(3,4)32-20-12-13-21-33(32)43)35-23-15-25-37(39(35)40)44(29-16-8-7-9-17-29)36-24-14-22-34-38(36)30-18-10-11-19-31(30)42(34,5)6/h7-25H,26-28H2,1-6H3. The third-order valence-electron chi connectivity index (χ3n) is 11.4. The summed E-state index contributed by atoms with van der Waals surface area (Å²) >= 11 is 0. The number of fused-ring (bicyclic) bond motifs is 7. The zero-order chi connectivity index (χ0) is 30.5. The highest BCUT2D eigenvalue weighted by atomic mass is 15.1. The number of hydrogen-bond donors (Lipinski definition) is 0. The summed E-state index contributed by atoms with van der Waals surface area (Å²) in [6.45, 7) is 14.6. The van der Waals surface area contributed by atoms with Crippen molar-refractivity contribution >= 4 is 17.1 Å². The highest BCUT2D eigenvalue weighted by Crippen LogP contribution is 2.62. The molecule has 1 atom stereocenters. The van der Waals surface area contributed by atoms with E-state index in [1.807, 2.05) is 0 Å². The summed E-state index contributed by atoms with van der Waals surface area (Å²) in [5, 5.41) is 0. The molecule has 220 valence electrons. The molecule has 5 aromatic rings. The van der Waals surface area contributed by atoms with Gasteiger partial charge in [0.2, 0.25) is 0 Å². The largest absolute Gasteiger partial charge is 0.310 e. The topological polar surface area (TPSA) is 3.24 Å². The third-order valence-corrected chi connectivity index (χ3v) is 11.4. The summed E-state index contributed by atoms with van der Waals surface area (Å²) in [7, 11) is 0. The van der Waals surface area contributed by atoms with Crippen LogP contribution in [-0.4, -0.2) is 0 Å². The van der Waals surface area contributed by atoms with Crippen molar-refractivity contribution < 1.29 is 0 Å². The monoisotopic (exact) mass is 573 g/mol. The minimum absolute atomic E-state index is 0.0243. The van der Waals surface area contributed by atoms with E-state index >= 15 is 0 Å². The Labute approximate surface area is 263 Å². The van der Waals surface area contributed by atoms with E-state index in [1.165, 1.54) is 62.4 Å². The van der Waals surface area contributed by atoms with Crippen LogP contribution >= 0.6 is 0 Å². The van der Waals surface area contributed by atoms with Crippen LogP contribution in [0, 0.1) is 0 Å². The van der Waals surface area contributed by atoms with Gasteiger partial charge in [-0.25, -0.2) is 0 Å². The predicted molar refractivity (Wildman–Crippen MR) is 186 cm³/mol. The lowest BCUT2D eigenvalue weighted by Crippen LogP contribution is -2.39. The number of benzene rings is 5. The first-order valence-electron chi connectivity index (χ1n) is 16.4. The number of nitrogens with zero attached hydrogens (tertiary/aromatic N) is 1. The molecular weight excluding hydrogens is 530 g/mol. The van der Waals surface area contributed by atoms with Gasteiger partial charge in [0.25, 0.3) is 0 Å². The zero-order valence-electron chi connectivity index (χ0n) is 27.0. The molecule has 3 aliphatic carbocycles. The van der Waals surface area contributed by atoms with Crippen molar-refractivity contribution in [3.63, 3.8) is 0 Å². The Hall–Kier alpha value is -4.10. The molecule has 0 saturated carbocycles. The van der Waals surface area contributed by atoms with Crippen LogP contribution in [0.3, 0.4) is 0 Å². The van der Waals surface area contributed by atoms with E-state index in [4.69, 9.17) is 0 Å². The molecule has 0 radical (unpaired) electrons. The van der Waals surface area contributed by atoms with Crippen LogP contribution in [0.15, 0.2) is 115 Å². The van der Waals surface area contributed by atoms with Crippen molar-refractivity contribution in [2.45, 2.75) is 82.5 Å². The van der Waals surface area contributed by atoms with Crippen LogP contribution in [0.5, 0.6) is 0 Å². The van der Waals surface area contributed by atoms with Crippen LogP contribution in [0.4, 0.5) is 17.1 Å². The maximum atomic E-state index is 2.59. The fourth-order valence-electron chi connectivity index (χ4n) is 9.43. The smallest absolute Gasteiger partial charge is 0.0543 e. The van der Waals surface area contributed by atoms with Crippen LogP contribution in [0.25, 0.3) is 11.1 Å². The van der Waals surface area contributed by atoms with Gasteiger partial charge in [-0.05, 0) is 93.3 Å². The summed E-state index contributed by atoms with van der Waals surface area (Å²) in [6.07, 6.45) is 3.50. The molecule has 0 aromatic heterocycles. The SMILES string of the molecule is CC1(C)CC2(CCC(C)(C)c3c(N(c4ccccc4)c4cccc5c4-c4ccccc4C5(C)C)cccc32)c2ccccc21. The summed E-state index contributed by atoms with van der Waals surface area (Å²) in [6, 6.07) is 43.6. The Morgan fingerprint density at radius 2 is 1.07 bits per heavy atom. The van der Waals surface area contributed by atoms with Gasteiger partial charge in [0.05, 0.1) is 11.4 Å². The molecule has 1 heteroatoms. The Balaban J connectivity index is 1.44. The summed E-state index contributed by atoms with van der Waals surface area (Å²) in [5.41, 5.74) is 15.6. The molecule has 0 aliphatic heterocycles. The molecule has 0 bridgehead atoms. The highest BCUT2D eigenvalue weighted by molar-refractivity contribution is 5.95. The van der Waals surface area contributed by atoms with E-state index in [1.54, 1.807) is 5.56 Å². The normalized spacial score (nSPS) is 21.3. The van der Waals surface area contributed by atoms with Gasteiger partial charge in [-0.3, -0.25) is 0 Å². The number of hydrogen-bond acceptors (Lipinski definition) is 1. The highest BCUT2D eigenvalue weighted by Gasteiger charge is 2.53. The van der Waals surface area contributed by atoms with Crippen LogP contribution in [-0.2, 0) is 21.7 Å². The minimum atomic E-state index is -0.0527. The van der Waals surface area contributed by atoms with Crippen molar-refractivity contribution in [3.8, 4) is 11.1 Å². The van der Waals surface area contributed by atoms with Gasteiger partial charge < -0.3 is 4.90 Å². The molecule has 44 heavy (non-hydrogen) atoms. The molecule has 1 spiro atoms. The quantitative estimate of drug-likeness (QED) is 0.207. The molecule has 0 amide bonds. The van der Waals surface area contributed by atoms with Gasteiger partial charge in [0.1, 0.15) is 0 Å². The van der Waals surface area contributed by atoms with Gasteiger partial charge in [0.15, 0.2) is 0 Å². The van der Waals surface area contributed by atoms with E-state index in [0.717, 1.165) is 12.8 Å². The lowest BCUT2D eigenvalue weighted by Gasteiger charge is -2.47. The molecule has 3 aliphatic rings. The van der Waals surface area contributed by atoms with E-state index in [9.17, 15) is 0 Å². The van der Waals surface area contributed by atoms with Gasteiger partial charge in [-0.15, -0.1) is 0 Å². The maximum absolute atomic E-state index is 2.59. The molecule has 0 N–H and O–H groups in total. The minimum Gasteiger partial charge on any atom is -0.310 e. The molecule has 8 rings (SSSR count). The zero-order valence-corrected chi connectivity index (χ0v) is 27.0. The Bertz CT molecular complexity index is 1920. The summed E-state index contributed by atoms with van der Waals surface area (Å²) < 4.78 is 0. The van der Waals surface area contributed by atoms with Gasteiger partial charge >= 0.3 is 0 Å². The second kappa shape index (κ2) is 9.21. The average molecular weight is 574 g/mol. The first kappa shape index (κ1) is 27.4. The Kier molecular flexibility index (Phi) is 5.74. The molecule has 0 fully saturated rings. The van der Waals surface area contributed by atoms with E-state index in [0.29, 0.717) is 0 Å². The van der Waals surface area contributed by atoms with E-state index in [2.05, 4.69) is 162 Å². The summed E-state index contributed by atoms with van der Waals surface area (Å²) in [5.74, 6) is 0. The Morgan fingerprint density at radius 1 is 0.477 bits per heavy atom. The van der Waals surface area contributed by atoms with Crippen molar-refractivity contribution in [2.24, 2.45) is 0 Å². The first-order chi connectivity index (χ1) is 21.1. The van der Waals surface area contributed by atoms with Crippen molar-refractivity contribution in [1.82, 2.24) is 0 Å². The molecular formula is C43H43N. The first-order valence-corrected chi connectivity index (χ1v) is 16.4. The van der Waals surface area contributed by atoms with Crippen molar-refractivity contribution in [1.29, 1.82) is 0 Å². The van der Waals surface area contributed by atoms with Crippen LogP contribution < -0.4 is 4.90 Å². The van der Waals surface area contributed by atoms with E-state index in [-0.39, 0.29) is 21.7 Å². The maximum Gasteiger partial charge on any atom is 0.0543 e.